The average molecular weight is 313 g/mol. The minimum atomic E-state index is -0.482. The molecule has 22 heavy (non-hydrogen) atoms. The van der Waals surface area contributed by atoms with Gasteiger partial charge in [0.05, 0.1) is 6.54 Å². The smallest absolute Gasteiger partial charge is 0.410 e. The Hall–Kier alpha value is -1.30. The van der Waals surface area contributed by atoms with Crippen LogP contribution in [-0.4, -0.2) is 47.7 Å². The minimum absolute atomic E-state index is 0.125. The predicted octanol–water partition coefficient (Wildman–Crippen LogP) is 2.02. The van der Waals surface area contributed by atoms with Crippen LogP contribution < -0.4 is 11.1 Å². The van der Waals surface area contributed by atoms with Gasteiger partial charge in [0.2, 0.25) is 5.91 Å². The van der Waals surface area contributed by atoms with E-state index in [1.165, 1.54) is 0 Å². The molecule has 1 aliphatic rings. The molecule has 2 unspecified atom stereocenters. The van der Waals surface area contributed by atoms with Crippen molar-refractivity contribution >= 4 is 12.0 Å². The Morgan fingerprint density at radius 1 is 1.32 bits per heavy atom. The monoisotopic (exact) mass is 313 g/mol. The number of ether oxygens (including phenoxy) is 1. The van der Waals surface area contributed by atoms with Crippen molar-refractivity contribution in [1.82, 2.24) is 10.2 Å². The summed E-state index contributed by atoms with van der Waals surface area (Å²) in [6, 6.07) is 0.272. The van der Waals surface area contributed by atoms with Gasteiger partial charge in [0, 0.05) is 18.6 Å². The van der Waals surface area contributed by atoms with Gasteiger partial charge >= 0.3 is 6.09 Å². The second-order valence-corrected chi connectivity index (χ2v) is 7.16. The zero-order valence-electron chi connectivity index (χ0n) is 14.4. The van der Waals surface area contributed by atoms with Crippen LogP contribution >= 0.6 is 0 Å². The van der Waals surface area contributed by atoms with Gasteiger partial charge in [0.15, 0.2) is 0 Å². The van der Waals surface area contributed by atoms with Gasteiger partial charge < -0.3 is 20.7 Å². The summed E-state index contributed by atoms with van der Waals surface area (Å²) in [7, 11) is 0. The molecule has 0 aliphatic carbocycles. The summed E-state index contributed by atoms with van der Waals surface area (Å²) in [5, 5.41) is 3.10. The third-order valence-corrected chi connectivity index (χ3v) is 3.76. The molecular formula is C16H31N3O3. The van der Waals surface area contributed by atoms with Crippen molar-refractivity contribution in [2.24, 2.45) is 5.73 Å². The normalized spacial score (nSPS) is 21.1. The second-order valence-electron chi connectivity index (χ2n) is 7.16. The summed E-state index contributed by atoms with van der Waals surface area (Å²) in [4.78, 5) is 25.2. The lowest BCUT2D eigenvalue weighted by molar-refractivity contribution is -0.117. The molecule has 1 heterocycles. The first-order valence-electron chi connectivity index (χ1n) is 8.20. The van der Waals surface area contributed by atoms with E-state index >= 15 is 0 Å². The molecule has 0 radical (unpaired) electrons. The van der Waals surface area contributed by atoms with E-state index in [9.17, 15) is 9.59 Å². The van der Waals surface area contributed by atoms with E-state index in [0.717, 1.165) is 38.6 Å². The van der Waals surface area contributed by atoms with Crippen molar-refractivity contribution in [3.63, 3.8) is 0 Å². The van der Waals surface area contributed by atoms with Crippen molar-refractivity contribution in [3.05, 3.63) is 0 Å². The average Bonchev–Trinajstić information content (AvgIpc) is 2.59. The Kier molecular flexibility index (Phi) is 7.13. The summed E-state index contributed by atoms with van der Waals surface area (Å²) in [5.74, 6) is -0.364. The van der Waals surface area contributed by atoms with Gasteiger partial charge in [-0.05, 0) is 47.0 Å². The zero-order valence-corrected chi connectivity index (χ0v) is 14.4. The molecular weight excluding hydrogens is 282 g/mol. The number of hydrogen-bond acceptors (Lipinski definition) is 4. The van der Waals surface area contributed by atoms with Gasteiger partial charge in [-0.2, -0.15) is 0 Å². The van der Waals surface area contributed by atoms with Crippen LogP contribution in [-0.2, 0) is 9.53 Å². The molecule has 128 valence electrons. The van der Waals surface area contributed by atoms with Crippen LogP contribution in [0.3, 0.4) is 0 Å². The minimum Gasteiger partial charge on any atom is -0.444 e. The van der Waals surface area contributed by atoms with Gasteiger partial charge in [0.1, 0.15) is 5.60 Å². The number of likely N-dealkylation sites (tertiary alicyclic amines) is 1. The van der Waals surface area contributed by atoms with E-state index in [0.29, 0.717) is 0 Å². The largest absolute Gasteiger partial charge is 0.444 e. The Bertz CT molecular complexity index is 379. The van der Waals surface area contributed by atoms with Crippen LogP contribution in [0.5, 0.6) is 0 Å². The van der Waals surface area contributed by atoms with Crippen molar-refractivity contribution in [2.45, 2.75) is 77.5 Å². The molecule has 3 N–H and O–H groups in total. The number of rotatable bonds is 5. The molecule has 6 heteroatoms. The fourth-order valence-corrected chi connectivity index (χ4v) is 2.75. The Morgan fingerprint density at radius 3 is 2.59 bits per heavy atom. The molecule has 2 amide bonds. The van der Waals surface area contributed by atoms with E-state index in [1.54, 1.807) is 0 Å². The highest BCUT2D eigenvalue weighted by atomic mass is 16.6. The summed E-state index contributed by atoms with van der Waals surface area (Å²) in [6.45, 7) is 8.57. The Morgan fingerprint density at radius 2 is 2.00 bits per heavy atom. The van der Waals surface area contributed by atoms with E-state index in [1.807, 2.05) is 32.6 Å². The number of carbonyl (C=O) groups is 2. The van der Waals surface area contributed by atoms with Crippen molar-refractivity contribution < 1.29 is 14.3 Å². The van der Waals surface area contributed by atoms with Crippen LogP contribution in [0.15, 0.2) is 0 Å². The van der Waals surface area contributed by atoms with Crippen molar-refractivity contribution in [2.75, 3.05) is 13.1 Å². The Balaban J connectivity index is 2.65. The van der Waals surface area contributed by atoms with E-state index in [2.05, 4.69) is 5.32 Å². The summed E-state index contributed by atoms with van der Waals surface area (Å²) in [5.41, 5.74) is 4.68. The van der Waals surface area contributed by atoms with Crippen molar-refractivity contribution in [1.29, 1.82) is 0 Å². The van der Waals surface area contributed by atoms with E-state index in [-0.39, 0.29) is 30.6 Å². The lowest BCUT2D eigenvalue weighted by atomic mass is 10.0. The van der Waals surface area contributed by atoms with Crippen LogP contribution in [0.4, 0.5) is 4.79 Å². The molecule has 0 saturated carbocycles. The predicted molar refractivity (Wildman–Crippen MR) is 86.5 cm³/mol. The van der Waals surface area contributed by atoms with Gasteiger partial charge in [0.25, 0.3) is 0 Å². The van der Waals surface area contributed by atoms with Crippen molar-refractivity contribution in [3.8, 4) is 0 Å². The van der Waals surface area contributed by atoms with Crippen LogP contribution in [0.25, 0.3) is 0 Å². The van der Waals surface area contributed by atoms with Crippen LogP contribution in [0, 0.1) is 0 Å². The molecule has 6 nitrogen and oxygen atoms in total. The number of nitrogens with one attached hydrogen (secondary N) is 1. The van der Waals surface area contributed by atoms with Crippen LogP contribution in [0.1, 0.15) is 59.8 Å². The maximum atomic E-state index is 12.4. The third-order valence-electron chi connectivity index (χ3n) is 3.76. The fraction of sp³-hybridized carbons (Fsp3) is 0.875. The topological polar surface area (TPSA) is 84.7 Å². The molecule has 0 spiro atoms. The molecule has 0 aromatic heterocycles. The molecule has 0 aromatic rings. The Labute approximate surface area is 133 Å². The van der Waals surface area contributed by atoms with Gasteiger partial charge in [-0.3, -0.25) is 4.79 Å². The summed E-state index contributed by atoms with van der Waals surface area (Å²) in [6.07, 6.45) is 4.81. The maximum absolute atomic E-state index is 12.4. The first-order chi connectivity index (χ1) is 10.2. The summed E-state index contributed by atoms with van der Waals surface area (Å²) >= 11 is 0. The maximum Gasteiger partial charge on any atom is 0.410 e. The molecule has 1 saturated heterocycles. The second kappa shape index (κ2) is 8.36. The van der Waals surface area contributed by atoms with Gasteiger partial charge in [-0.1, -0.05) is 12.8 Å². The number of carbonyl (C=O) groups excluding carboxylic acids is 2. The molecule has 0 aromatic carbocycles. The standard InChI is InChI=1S/C16H31N3O3/c1-12(18-11-14(17)20)10-13-8-6-5-7-9-19(13)15(21)22-16(2,3)4/h12-13,18H,5-11H2,1-4H3,(H2,17,20). The molecule has 0 bridgehead atoms. The SMILES string of the molecule is CC(CC1CCCCCN1C(=O)OC(C)(C)C)NCC(N)=O. The highest BCUT2D eigenvalue weighted by Gasteiger charge is 2.30. The highest BCUT2D eigenvalue weighted by Crippen LogP contribution is 2.23. The molecule has 1 fully saturated rings. The number of hydrogen-bond donors (Lipinski definition) is 2. The quantitative estimate of drug-likeness (QED) is 0.813. The van der Waals surface area contributed by atoms with E-state index in [4.69, 9.17) is 10.5 Å². The van der Waals surface area contributed by atoms with E-state index < -0.39 is 5.60 Å². The molecule has 2 atom stereocenters. The number of nitrogens with zero attached hydrogens (tertiary/aromatic N) is 1. The highest BCUT2D eigenvalue weighted by molar-refractivity contribution is 5.75. The zero-order chi connectivity index (χ0) is 16.8. The lowest BCUT2D eigenvalue weighted by Crippen LogP contribution is -2.46. The number of primary amides is 1. The summed E-state index contributed by atoms with van der Waals surface area (Å²) < 4.78 is 5.54. The number of nitrogens with two attached hydrogens (primary N) is 1. The first-order valence-corrected chi connectivity index (χ1v) is 8.20. The third kappa shape index (κ3) is 7.11. The molecule has 1 rings (SSSR count). The first kappa shape index (κ1) is 18.7. The fourth-order valence-electron chi connectivity index (χ4n) is 2.75. The van der Waals surface area contributed by atoms with Crippen LogP contribution in [0.2, 0.25) is 0 Å². The molecule has 1 aliphatic heterocycles. The number of amides is 2. The van der Waals surface area contributed by atoms with Gasteiger partial charge in [-0.15, -0.1) is 0 Å². The van der Waals surface area contributed by atoms with Gasteiger partial charge in [-0.25, -0.2) is 4.79 Å². The lowest BCUT2D eigenvalue weighted by Gasteiger charge is -2.33.